The maximum atomic E-state index is 12.6. The predicted octanol–water partition coefficient (Wildman–Crippen LogP) is 4.15. The Morgan fingerprint density at radius 1 is 1.11 bits per heavy atom. The summed E-state index contributed by atoms with van der Waals surface area (Å²) < 4.78 is 11.1. The quantitative estimate of drug-likeness (QED) is 0.315. The first kappa shape index (κ1) is 28.8. The molecular weight excluding hydrogens is 462 g/mol. The number of carbonyl (C=O) groups is 2. The van der Waals surface area contributed by atoms with Gasteiger partial charge in [-0.2, -0.15) is 0 Å². The third-order valence-corrected chi connectivity index (χ3v) is 6.60. The van der Waals surface area contributed by atoms with Crippen molar-refractivity contribution in [3.8, 4) is 5.75 Å². The number of esters is 1. The first-order chi connectivity index (χ1) is 17.0. The van der Waals surface area contributed by atoms with E-state index in [4.69, 9.17) is 15.2 Å². The maximum absolute atomic E-state index is 12.6. The van der Waals surface area contributed by atoms with Crippen LogP contribution in [-0.2, 0) is 27.3 Å². The van der Waals surface area contributed by atoms with Crippen LogP contribution in [0, 0.1) is 0 Å². The summed E-state index contributed by atoms with van der Waals surface area (Å²) in [5.41, 5.74) is 7.55. The summed E-state index contributed by atoms with van der Waals surface area (Å²) in [6, 6.07) is 11.5. The molecule has 0 saturated carbocycles. The summed E-state index contributed by atoms with van der Waals surface area (Å²) >= 11 is 1.64. The molecule has 0 bridgehead atoms. The molecule has 1 aromatic carbocycles. The second-order valence-corrected chi connectivity index (χ2v) is 9.72. The Morgan fingerprint density at radius 3 is 2.54 bits per heavy atom. The molecule has 0 aliphatic heterocycles. The molecule has 7 nitrogen and oxygen atoms in total. The van der Waals surface area contributed by atoms with Crippen molar-refractivity contribution in [2.45, 2.75) is 71.1 Å². The maximum Gasteiger partial charge on any atom is 0.306 e. The van der Waals surface area contributed by atoms with Gasteiger partial charge < -0.3 is 25.4 Å². The molecule has 1 aromatic heterocycles. The van der Waals surface area contributed by atoms with Crippen LogP contribution in [0.5, 0.6) is 5.75 Å². The molecule has 2 unspecified atom stereocenters. The number of nitrogens with zero attached hydrogens (tertiary/aromatic N) is 1. The molecule has 8 heteroatoms. The number of nitrogens with one attached hydrogen (secondary N) is 1. The number of hydrogen-bond acceptors (Lipinski definition) is 7. The van der Waals surface area contributed by atoms with Crippen molar-refractivity contribution >= 4 is 23.2 Å². The van der Waals surface area contributed by atoms with Gasteiger partial charge in [-0.15, -0.1) is 11.3 Å². The highest BCUT2D eigenvalue weighted by Crippen LogP contribution is 2.15. The molecule has 0 fully saturated rings. The van der Waals surface area contributed by atoms with E-state index in [1.165, 1.54) is 0 Å². The first-order valence-electron chi connectivity index (χ1n) is 12.6. The number of rotatable bonds is 17. The highest BCUT2D eigenvalue weighted by Gasteiger charge is 2.23. The van der Waals surface area contributed by atoms with Crippen LogP contribution in [0.4, 0.5) is 0 Å². The van der Waals surface area contributed by atoms with Gasteiger partial charge in [0.15, 0.2) is 0 Å². The Bertz CT molecular complexity index is 869. The average molecular weight is 504 g/mol. The lowest BCUT2D eigenvalue weighted by atomic mass is 10.1. The smallest absolute Gasteiger partial charge is 0.306 e. The zero-order valence-corrected chi connectivity index (χ0v) is 22.1. The van der Waals surface area contributed by atoms with Crippen molar-refractivity contribution in [3.05, 3.63) is 52.2 Å². The largest absolute Gasteiger partial charge is 0.497 e. The zero-order chi connectivity index (χ0) is 25.5. The molecular formula is C27H41N3O4S. The molecule has 194 valence electrons. The predicted molar refractivity (Wildman–Crippen MR) is 142 cm³/mol. The Kier molecular flexibility index (Phi) is 13.4. The summed E-state index contributed by atoms with van der Waals surface area (Å²) in [7, 11) is 1.64. The number of benzene rings is 1. The second-order valence-electron chi connectivity index (χ2n) is 8.69. The Morgan fingerprint density at radius 2 is 1.89 bits per heavy atom. The topological polar surface area (TPSA) is 93.9 Å². The van der Waals surface area contributed by atoms with Gasteiger partial charge >= 0.3 is 5.97 Å². The standard InChI is InChI=1S/C27H41N3O4S/c1-4-14-30(15-5-2)26(31)12-7-13-27(32)34-25(24(28)18-23-11-8-16-35-23)20-29-19-21-9-6-10-22(17-21)33-3/h6,8-11,16-17,24-25,29H,4-5,7,12-15,18-20,28H2,1-3H3. The van der Waals surface area contributed by atoms with Crippen LogP contribution in [0.3, 0.4) is 0 Å². The van der Waals surface area contributed by atoms with Gasteiger partial charge in [0.05, 0.1) is 7.11 Å². The Balaban J connectivity index is 1.88. The van der Waals surface area contributed by atoms with Crippen molar-refractivity contribution < 1.29 is 19.1 Å². The summed E-state index contributed by atoms with van der Waals surface area (Å²) in [5.74, 6) is 0.588. The lowest BCUT2D eigenvalue weighted by Gasteiger charge is -2.25. The van der Waals surface area contributed by atoms with E-state index in [2.05, 4.69) is 19.2 Å². The fourth-order valence-electron chi connectivity index (χ4n) is 3.88. The number of methoxy groups -OCH3 is 1. The summed E-state index contributed by atoms with van der Waals surface area (Å²) in [6.07, 6.45) is 3.07. The van der Waals surface area contributed by atoms with Gasteiger partial charge in [0, 0.05) is 56.4 Å². The lowest BCUT2D eigenvalue weighted by Crippen LogP contribution is -2.45. The molecule has 2 aromatic rings. The minimum Gasteiger partial charge on any atom is -0.497 e. The van der Waals surface area contributed by atoms with Crippen molar-refractivity contribution in [2.24, 2.45) is 5.73 Å². The van der Waals surface area contributed by atoms with Gasteiger partial charge in [0.25, 0.3) is 0 Å². The number of ether oxygens (including phenoxy) is 2. The van der Waals surface area contributed by atoms with Crippen LogP contribution in [0.2, 0.25) is 0 Å². The van der Waals surface area contributed by atoms with E-state index in [1.807, 2.05) is 46.7 Å². The zero-order valence-electron chi connectivity index (χ0n) is 21.3. The Hall–Kier alpha value is -2.42. The molecule has 0 radical (unpaired) electrons. The van der Waals surface area contributed by atoms with Gasteiger partial charge in [-0.1, -0.05) is 32.0 Å². The number of nitrogens with two attached hydrogens (primary N) is 1. The second kappa shape index (κ2) is 16.3. The molecule has 2 atom stereocenters. The van der Waals surface area contributed by atoms with Gasteiger partial charge in [-0.05, 0) is 48.4 Å². The van der Waals surface area contributed by atoms with E-state index in [1.54, 1.807) is 18.4 Å². The normalized spacial score (nSPS) is 12.7. The first-order valence-corrected chi connectivity index (χ1v) is 13.4. The fraction of sp³-hybridized carbons (Fsp3) is 0.556. The molecule has 0 aliphatic carbocycles. The van der Waals surface area contributed by atoms with Gasteiger partial charge in [0.2, 0.25) is 5.91 Å². The SMILES string of the molecule is CCCN(CCC)C(=O)CCCC(=O)OC(CNCc1cccc(OC)c1)C(N)Cc1cccs1. The molecule has 0 saturated heterocycles. The molecule has 1 amide bonds. The van der Waals surface area contributed by atoms with E-state index in [9.17, 15) is 9.59 Å². The number of amides is 1. The third kappa shape index (κ3) is 10.8. The van der Waals surface area contributed by atoms with Crippen molar-refractivity contribution in [3.63, 3.8) is 0 Å². The Labute approximate surface area is 214 Å². The van der Waals surface area contributed by atoms with Crippen molar-refractivity contribution in [1.82, 2.24) is 10.2 Å². The van der Waals surface area contributed by atoms with E-state index >= 15 is 0 Å². The molecule has 0 aliphatic rings. The van der Waals surface area contributed by atoms with Gasteiger partial charge in [-0.3, -0.25) is 9.59 Å². The molecule has 1 heterocycles. The van der Waals surface area contributed by atoms with Crippen LogP contribution in [0.25, 0.3) is 0 Å². The fourth-order valence-corrected chi connectivity index (χ4v) is 4.66. The van der Waals surface area contributed by atoms with Crippen molar-refractivity contribution in [1.29, 1.82) is 0 Å². The number of carbonyl (C=O) groups excluding carboxylic acids is 2. The summed E-state index contributed by atoms with van der Waals surface area (Å²) in [5, 5.41) is 5.38. The molecule has 35 heavy (non-hydrogen) atoms. The van der Waals surface area contributed by atoms with E-state index in [-0.39, 0.29) is 24.3 Å². The van der Waals surface area contributed by atoms with E-state index in [0.717, 1.165) is 42.1 Å². The number of thiophene rings is 1. The molecule has 3 N–H and O–H groups in total. The van der Waals surface area contributed by atoms with Crippen molar-refractivity contribution in [2.75, 3.05) is 26.7 Å². The lowest BCUT2D eigenvalue weighted by molar-refractivity contribution is -0.150. The van der Waals surface area contributed by atoms with Crippen LogP contribution in [0.1, 0.15) is 56.4 Å². The van der Waals surface area contributed by atoms with Gasteiger partial charge in [0.1, 0.15) is 11.9 Å². The van der Waals surface area contributed by atoms with Crippen LogP contribution in [-0.4, -0.2) is 55.7 Å². The van der Waals surface area contributed by atoms with E-state index in [0.29, 0.717) is 32.4 Å². The minimum absolute atomic E-state index is 0.104. The van der Waals surface area contributed by atoms with Crippen LogP contribution in [0.15, 0.2) is 41.8 Å². The molecule has 0 spiro atoms. The minimum atomic E-state index is -0.470. The third-order valence-electron chi connectivity index (χ3n) is 5.70. The monoisotopic (exact) mass is 503 g/mol. The number of hydrogen-bond donors (Lipinski definition) is 2. The molecule has 2 rings (SSSR count). The summed E-state index contributed by atoms with van der Waals surface area (Å²) in [4.78, 5) is 28.1. The van der Waals surface area contributed by atoms with Crippen LogP contribution < -0.4 is 15.8 Å². The highest BCUT2D eigenvalue weighted by atomic mass is 32.1. The summed E-state index contributed by atoms with van der Waals surface area (Å²) in [6.45, 7) is 6.70. The van der Waals surface area contributed by atoms with Gasteiger partial charge in [-0.25, -0.2) is 0 Å². The van der Waals surface area contributed by atoms with Crippen LogP contribution >= 0.6 is 11.3 Å². The van der Waals surface area contributed by atoms with E-state index < -0.39 is 6.10 Å². The average Bonchev–Trinajstić information content (AvgIpc) is 3.36. The highest BCUT2D eigenvalue weighted by molar-refractivity contribution is 7.09.